The molecule has 17 heavy (non-hydrogen) atoms. The molecule has 0 bridgehead atoms. The van der Waals surface area contributed by atoms with E-state index in [2.05, 4.69) is 9.73 Å². The van der Waals surface area contributed by atoms with Gasteiger partial charge in [0.2, 0.25) is 0 Å². The highest BCUT2D eigenvalue weighted by atomic mass is 19.2. The van der Waals surface area contributed by atoms with Gasteiger partial charge in [-0.3, -0.25) is 9.79 Å². The Bertz CT molecular complexity index is 323. The Labute approximate surface area is 99.5 Å². The van der Waals surface area contributed by atoms with Crippen molar-refractivity contribution in [2.45, 2.75) is 26.7 Å². The Hall–Kier alpha value is -1.46. The molecule has 0 aliphatic rings. The summed E-state index contributed by atoms with van der Waals surface area (Å²) in [6.45, 7) is 2.69. The number of nitrogens with zero attached hydrogens (tertiary/aromatic N) is 1. The minimum Gasteiger partial charge on any atom is -0.469 e. The topological polar surface area (TPSA) is 64.7 Å². The molecule has 0 fully saturated rings. The SMILES string of the molecule is COC(=O)C(C)CC/C(F)=C(/F)CN=C(C)N. The maximum atomic E-state index is 13.2. The summed E-state index contributed by atoms with van der Waals surface area (Å²) in [5.74, 6) is -2.55. The summed E-state index contributed by atoms with van der Waals surface area (Å²) in [5.41, 5.74) is 5.20. The third-order valence-corrected chi connectivity index (χ3v) is 2.16. The fourth-order valence-electron chi connectivity index (χ4n) is 1.08. The van der Waals surface area contributed by atoms with E-state index in [0.717, 1.165) is 0 Å². The van der Waals surface area contributed by atoms with Crippen LogP contribution < -0.4 is 5.73 Å². The average molecular weight is 248 g/mol. The van der Waals surface area contributed by atoms with Gasteiger partial charge in [0.15, 0.2) is 5.83 Å². The first-order chi connectivity index (χ1) is 7.88. The van der Waals surface area contributed by atoms with Gasteiger partial charge in [0, 0.05) is 6.42 Å². The van der Waals surface area contributed by atoms with E-state index in [1.807, 2.05) is 0 Å². The standard InChI is InChI=1S/C11H18F2N2O2/c1-7(11(16)17-3)4-5-9(12)10(13)6-15-8(2)14/h7H,4-6H2,1-3H3,(H2,14,15)/b10-9-. The van der Waals surface area contributed by atoms with Gasteiger partial charge >= 0.3 is 5.97 Å². The lowest BCUT2D eigenvalue weighted by atomic mass is 10.1. The van der Waals surface area contributed by atoms with Crippen LogP contribution in [0.25, 0.3) is 0 Å². The summed E-state index contributed by atoms with van der Waals surface area (Å²) in [4.78, 5) is 14.6. The molecule has 1 unspecified atom stereocenters. The van der Waals surface area contributed by atoms with Crippen LogP contribution in [-0.2, 0) is 9.53 Å². The molecule has 0 aromatic rings. The summed E-state index contributed by atoms with van der Waals surface area (Å²) in [6, 6.07) is 0. The van der Waals surface area contributed by atoms with Gasteiger partial charge in [0.25, 0.3) is 0 Å². The molecule has 1 atom stereocenters. The first kappa shape index (κ1) is 15.5. The molecule has 0 amide bonds. The smallest absolute Gasteiger partial charge is 0.308 e. The number of carbonyl (C=O) groups is 1. The van der Waals surface area contributed by atoms with Crippen molar-refractivity contribution in [3.63, 3.8) is 0 Å². The lowest BCUT2D eigenvalue weighted by Crippen LogP contribution is -2.12. The highest BCUT2D eigenvalue weighted by Crippen LogP contribution is 2.18. The van der Waals surface area contributed by atoms with Crippen molar-refractivity contribution < 1.29 is 18.3 Å². The van der Waals surface area contributed by atoms with Crippen LogP contribution in [0.5, 0.6) is 0 Å². The number of ether oxygens (including phenoxy) is 1. The Balaban J connectivity index is 4.24. The number of methoxy groups -OCH3 is 1. The van der Waals surface area contributed by atoms with Crippen LogP contribution in [0.3, 0.4) is 0 Å². The molecule has 0 aromatic carbocycles. The van der Waals surface area contributed by atoms with E-state index in [-0.39, 0.29) is 18.7 Å². The number of aliphatic imine (C=N–C) groups is 1. The third kappa shape index (κ3) is 6.65. The second-order valence-corrected chi connectivity index (χ2v) is 3.73. The molecule has 0 rings (SSSR count). The molecule has 0 aromatic heterocycles. The number of allylic oxidation sites excluding steroid dienone is 1. The molecule has 0 heterocycles. The van der Waals surface area contributed by atoms with E-state index in [4.69, 9.17) is 5.73 Å². The van der Waals surface area contributed by atoms with Gasteiger partial charge in [-0.05, 0) is 13.3 Å². The molecule has 0 aliphatic heterocycles. The van der Waals surface area contributed by atoms with Crippen molar-refractivity contribution in [2.75, 3.05) is 13.7 Å². The van der Waals surface area contributed by atoms with Crippen LogP contribution in [0.4, 0.5) is 8.78 Å². The first-order valence-corrected chi connectivity index (χ1v) is 5.25. The summed E-state index contributed by atoms with van der Waals surface area (Å²) >= 11 is 0. The fraction of sp³-hybridized carbons (Fsp3) is 0.636. The summed E-state index contributed by atoms with van der Waals surface area (Å²) in [6.07, 6.45) is 0.0402. The average Bonchev–Trinajstić information content (AvgIpc) is 2.31. The summed E-state index contributed by atoms with van der Waals surface area (Å²) < 4.78 is 30.8. The Morgan fingerprint density at radius 1 is 1.41 bits per heavy atom. The van der Waals surface area contributed by atoms with Crippen LogP contribution in [0.2, 0.25) is 0 Å². The zero-order chi connectivity index (χ0) is 13.4. The number of hydrogen-bond donors (Lipinski definition) is 1. The zero-order valence-electron chi connectivity index (χ0n) is 10.3. The Morgan fingerprint density at radius 2 is 2.00 bits per heavy atom. The monoisotopic (exact) mass is 248 g/mol. The number of carbonyl (C=O) groups excluding carboxylic acids is 1. The molecule has 0 aliphatic carbocycles. The van der Waals surface area contributed by atoms with E-state index < -0.39 is 30.1 Å². The van der Waals surface area contributed by atoms with Crippen molar-refractivity contribution >= 4 is 11.8 Å². The first-order valence-electron chi connectivity index (χ1n) is 5.25. The van der Waals surface area contributed by atoms with Crippen LogP contribution in [0.15, 0.2) is 16.6 Å². The fourth-order valence-corrected chi connectivity index (χ4v) is 1.08. The van der Waals surface area contributed by atoms with Crippen molar-refractivity contribution in [1.29, 1.82) is 0 Å². The summed E-state index contributed by atoms with van der Waals surface area (Å²) in [5, 5.41) is 0. The molecular formula is C11H18F2N2O2. The number of hydrogen-bond acceptors (Lipinski definition) is 3. The number of amidine groups is 1. The highest BCUT2D eigenvalue weighted by molar-refractivity contribution is 5.77. The van der Waals surface area contributed by atoms with Crippen LogP contribution in [0, 0.1) is 5.92 Å². The molecule has 0 saturated heterocycles. The predicted octanol–water partition coefficient (Wildman–Crippen LogP) is 2.10. The normalized spacial score (nSPS) is 15.2. The van der Waals surface area contributed by atoms with Crippen molar-refractivity contribution in [1.82, 2.24) is 0 Å². The van der Waals surface area contributed by atoms with Crippen LogP contribution >= 0.6 is 0 Å². The molecule has 2 N–H and O–H groups in total. The number of halogens is 2. The van der Waals surface area contributed by atoms with Gasteiger partial charge in [-0.1, -0.05) is 6.92 Å². The van der Waals surface area contributed by atoms with Crippen LogP contribution in [-0.4, -0.2) is 25.5 Å². The van der Waals surface area contributed by atoms with E-state index >= 15 is 0 Å². The lowest BCUT2D eigenvalue weighted by Gasteiger charge is -2.07. The second-order valence-electron chi connectivity index (χ2n) is 3.73. The minimum absolute atomic E-state index is 0.152. The molecule has 98 valence electrons. The minimum atomic E-state index is -0.952. The summed E-state index contributed by atoms with van der Waals surface area (Å²) in [7, 11) is 1.25. The van der Waals surface area contributed by atoms with Gasteiger partial charge in [-0.2, -0.15) is 0 Å². The van der Waals surface area contributed by atoms with Crippen molar-refractivity contribution in [3.05, 3.63) is 11.7 Å². The van der Waals surface area contributed by atoms with Gasteiger partial charge in [0.05, 0.1) is 25.4 Å². The van der Waals surface area contributed by atoms with E-state index in [9.17, 15) is 13.6 Å². The van der Waals surface area contributed by atoms with E-state index in [1.54, 1.807) is 6.92 Å². The molecule has 0 spiro atoms. The molecule has 0 radical (unpaired) electrons. The van der Waals surface area contributed by atoms with E-state index in [0.29, 0.717) is 0 Å². The zero-order valence-corrected chi connectivity index (χ0v) is 10.3. The van der Waals surface area contributed by atoms with E-state index in [1.165, 1.54) is 14.0 Å². The molecule has 0 saturated carbocycles. The van der Waals surface area contributed by atoms with Crippen molar-refractivity contribution in [2.24, 2.45) is 16.6 Å². The van der Waals surface area contributed by atoms with Gasteiger partial charge < -0.3 is 10.5 Å². The maximum absolute atomic E-state index is 13.2. The largest absolute Gasteiger partial charge is 0.469 e. The maximum Gasteiger partial charge on any atom is 0.308 e. The molecule has 6 heteroatoms. The highest BCUT2D eigenvalue weighted by Gasteiger charge is 2.15. The quantitative estimate of drug-likeness (QED) is 0.445. The number of rotatable bonds is 6. The second kappa shape index (κ2) is 7.76. The van der Waals surface area contributed by atoms with Crippen molar-refractivity contribution in [3.8, 4) is 0 Å². The van der Waals surface area contributed by atoms with Gasteiger partial charge in [0.1, 0.15) is 5.83 Å². The predicted molar refractivity (Wildman–Crippen MR) is 61.8 cm³/mol. The molecule has 4 nitrogen and oxygen atoms in total. The third-order valence-electron chi connectivity index (χ3n) is 2.16. The Morgan fingerprint density at radius 3 is 2.47 bits per heavy atom. The Kier molecular flexibility index (Phi) is 7.09. The number of esters is 1. The lowest BCUT2D eigenvalue weighted by molar-refractivity contribution is -0.145. The molecular weight excluding hydrogens is 230 g/mol. The number of nitrogens with two attached hydrogens (primary N) is 1. The van der Waals surface area contributed by atoms with Gasteiger partial charge in [-0.15, -0.1) is 0 Å². The van der Waals surface area contributed by atoms with Crippen LogP contribution in [0.1, 0.15) is 26.7 Å². The van der Waals surface area contributed by atoms with Gasteiger partial charge in [-0.25, -0.2) is 8.78 Å².